The summed E-state index contributed by atoms with van der Waals surface area (Å²) < 4.78 is 0. The molecule has 0 radical (unpaired) electrons. The molecular weight excluding hydrogens is 304 g/mol. The van der Waals surface area contributed by atoms with Gasteiger partial charge in [0.25, 0.3) is 0 Å². The van der Waals surface area contributed by atoms with E-state index >= 15 is 0 Å². The monoisotopic (exact) mass is 338 g/mol. The van der Waals surface area contributed by atoms with Crippen molar-refractivity contribution in [2.45, 2.75) is 50.6 Å². The van der Waals surface area contributed by atoms with Gasteiger partial charge < -0.3 is 5.32 Å². The Hall–Kier alpha value is -1.64. The van der Waals surface area contributed by atoms with Crippen LogP contribution in [0.15, 0.2) is 60.7 Å². The van der Waals surface area contributed by atoms with Crippen molar-refractivity contribution in [1.82, 2.24) is 10.2 Å². The van der Waals surface area contributed by atoms with Gasteiger partial charge in [0, 0.05) is 5.41 Å². The van der Waals surface area contributed by atoms with Gasteiger partial charge in [-0.2, -0.15) is 0 Å². The van der Waals surface area contributed by atoms with Crippen LogP contribution >= 0.6 is 0 Å². The highest BCUT2D eigenvalue weighted by atomic mass is 15.2. The third-order valence-corrected chi connectivity index (χ3v) is 5.33. The van der Waals surface area contributed by atoms with E-state index in [9.17, 15) is 0 Å². The Morgan fingerprint density at radius 3 is 2.04 bits per heavy atom. The van der Waals surface area contributed by atoms with Crippen LogP contribution in [-0.2, 0) is 11.8 Å². The molecular formula is C23H34N2. The summed E-state index contributed by atoms with van der Waals surface area (Å²) in [5.41, 5.74) is 2.98. The second kappa shape index (κ2) is 9.74. The van der Waals surface area contributed by atoms with E-state index in [1.807, 2.05) is 0 Å². The highest BCUT2D eigenvalue weighted by molar-refractivity contribution is 5.26. The minimum Gasteiger partial charge on any atom is -0.304 e. The van der Waals surface area contributed by atoms with Gasteiger partial charge in [0.2, 0.25) is 0 Å². The summed E-state index contributed by atoms with van der Waals surface area (Å²) in [5, 5.41) is 3.53. The Labute approximate surface area is 154 Å². The van der Waals surface area contributed by atoms with E-state index in [4.69, 9.17) is 0 Å². The van der Waals surface area contributed by atoms with Gasteiger partial charge in [-0.25, -0.2) is 0 Å². The maximum absolute atomic E-state index is 3.53. The molecule has 2 aromatic rings. The molecule has 0 spiro atoms. The van der Waals surface area contributed by atoms with Gasteiger partial charge in [-0.1, -0.05) is 80.4 Å². The van der Waals surface area contributed by atoms with E-state index in [2.05, 4.69) is 98.9 Å². The molecule has 2 heteroatoms. The molecule has 1 N–H and O–H groups in total. The lowest BCUT2D eigenvalue weighted by molar-refractivity contribution is 0.146. The second-order valence-electron chi connectivity index (χ2n) is 7.48. The topological polar surface area (TPSA) is 15.3 Å². The van der Waals surface area contributed by atoms with E-state index in [1.54, 1.807) is 0 Å². The number of hydrogen-bond donors (Lipinski definition) is 1. The molecule has 2 atom stereocenters. The SMILES string of the molecule is CNC(N(C)C)C(C)(CCCCCc1ccccc1)c1ccccc1. The van der Waals surface area contributed by atoms with Crippen molar-refractivity contribution in [2.24, 2.45) is 0 Å². The Morgan fingerprint density at radius 2 is 1.48 bits per heavy atom. The summed E-state index contributed by atoms with van der Waals surface area (Å²) in [6, 6.07) is 21.8. The van der Waals surface area contributed by atoms with Crippen LogP contribution in [0.3, 0.4) is 0 Å². The Morgan fingerprint density at radius 1 is 0.880 bits per heavy atom. The van der Waals surface area contributed by atoms with Crippen LogP contribution in [0, 0.1) is 0 Å². The van der Waals surface area contributed by atoms with Crippen molar-refractivity contribution < 1.29 is 0 Å². The molecule has 0 saturated heterocycles. The third-order valence-electron chi connectivity index (χ3n) is 5.33. The van der Waals surface area contributed by atoms with E-state index < -0.39 is 0 Å². The number of hydrogen-bond acceptors (Lipinski definition) is 2. The van der Waals surface area contributed by atoms with E-state index in [1.165, 1.54) is 43.2 Å². The third kappa shape index (κ3) is 5.42. The fourth-order valence-electron chi connectivity index (χ4n) is 4.05. The zero-order chi connectivity index (χ0) is 18.1. The molecule has 25 heavy (non-hydrogen) atoms. The molecule has 0 aliphatic heterocycles. The second-order valence-corrected chi connectivity index (χ2v) is 7.48. The predicted molar refractivity (Wildman–Crippen MR) is 109 cm³/mol. The normalized spacial score (nSPS) is 15.1. The first-order valence-corrected chi connectivity index (χ1v) is 9.51. The van der Waals surface area contributed by atoms with Crippen molar-refractivity contribution in [1.29, 1.82) is 0 Å². The summed E-state index contributed by atoms with van der Waals surface area (Å²) in [7, 11) is 6.40. The molecule has 0 bridgehead atoms. The minimum atomic E-state index is 0.103. The van der Waals surface area contributed by atoms with Gasteiger partial charge in [0.05, 0.1) is 6.17 Å². The van der Waals surface area contributed by atoms with Crippen LogP contribution in [0.4, 0.5) is 0 Å². The van der Waals surface area contributed by atoms with Gasteiger partial charge in [0.1, 0.15) is 0 Å². The van der Waals surface area contributed by atoms with Crippen LogP contribution in [-0.4, -0.2) is 32.2 Å². The highest BCUT2D eigenvalue weighted by Crippen LogP contribution is 2.34. The first-order valence-electron chi connectivity index (χ1n) is 9.51. The minimum absolute atomic E-state index is 0.103. The Bertz CT molecular complexity index is 594. The Balaban J connectivity index is 1.97. The molecule has 0 heterocycles. The largest absolute Gasteiger partial charge is 0.304 e. The van der Waals surface area contributed by atoms with Crippen molar-refractivity contribution in [3.63, 3.8) is 0 Å². The highest BCUT2D eigenvalue weighted by Gasteiger charge is 2.35. The van der Waals surface area contributed by atoms with Gasteiger partial charge >= 0.3 is 0 Å². The molecule has 2 aromatic carbocycles. The zero-order valence-electron chi connectivity index (χ0n) is 16.3. The molecule has 2 rings (SSSR count). The number of nitrogens with one attached hydrogen (secondary N) is 1. The summed E-state index contributed by atoms with van der Waals surface area (Å²) in [4.78, 5) is 2.30. The summed E-state index contributed by atoms with van der Waals surface area (Å²) >= 11 is 0. The lowest BCUT2D eigenvalue weighted by atomic mass is 9.74. The zero-order valence-corrected chi connectivity index (χ0v) is 16.3. The molecule has 0 aliphatic carbocycles. The smallest absolute Gasteiger partial charge is 0.0686 e. The molecule has 0 amide bonds. The average molecular weight is 339 g/mol. The van der Waals surface area contributed by atoms with Gasteiger partial charge in [-0.15, -0.1) is 0 Å². The lowest BCUT2D eigenvalue weighted by Crippen LogP contribution is -2.53. The standard InChI is InChI=1S/C23H34N2/c1-23(22(24-2)25(3)4,21-17-11-6-12-18-21)19-13-7-10-16-20-14-8-5-9-15-20/h5-6,8-9,11-12,14-15,17-18,22,24H,7,10,13,16,19H2,1-4H3. The van der Waals surface area contributed by atoms with E-state index in [-0.39, 0.29) is 5.41 Å². The lowest BCUT2D eigenvalue weighted by Gasteiger charge is -2.42. The number of benzene rings is 2. The summed E-state index contributed by atoms with van der Waals surface area (Å²) in [6.07, 6.45) is 6.50. The molecule has 0 fully saturated rings. The fraction of sp³-hybridized carbons (Fsp3) is 0.478. The van der Waals surface area contributed by atoms with Crippen molar-refractivity contribution >= 4 is 0 Å². The number of likely N-dealkylation sites (N-methyl/N-ethyl adjacent to an activating group) is 2. The van der Waals surface area contributed by atoms with Gasteiger partial charge in [-0.05, 0) is 51.5 Å². The maximum Gasteiger partial charge on any atom is 0.0686 e. The molecule has 136 valence electrons. The van der Waals surface area contributed by atoms with Crippen LogP contribution in [0.25, 0.3) is 0 Å². The average Bonchev–Trinajstić information content (AvgIpc) is 2.63. The van der Waals surface area contributed by atoms with Crippen molar-refractivity contribution in [3.8, 4) is 0 Å². The van der Waals surface area contributed by atoms with E-state index in [0.29, 0.717) is 6.17 Å². The first-order chi connectivity index (χ1) is 12.1. The van der Waals surface area contributed by atoms with E-state index in [0.717, 1.165) is 0 Å². The Kier molecular flexibility index (Phi) is 7.67. The van der Waals surface area contributed by atoms with Crippen LogP contribution < -0.4 is 5.32 Å². The molecule has 2 unspecified atom stereocenters. The molecule has 0 aliphatic rings. The predicted octanol–water partition coefficient (Wildman–Crippen LogP) is 4.85. The van der Waals surface area contributed by atoms with Crippen LogP contribution in [0.2, 0.25) is 0 Å². The fourth-order valence-corrected chi connectivity index (χ4v) is 4.05. The maximum atomic E-state index is 3.53. The molecule has 2 nitrogen and oxygen atoms in total. The van der Waals surface area contributed by atoms with Gasteiger partial charge in [-0.3, -0.25) is 4.90 Å². The number of rotatable bonds is 10. The molecule has 0 saturated carbocycles. The quantitative estimate of drug-likeness (QED) is 0.492. The number of nitrogens with zero attached hydrogens (tertiary/aromatic N) is 1. The van der Waals surface area contributed by atoms with Crippen LogP contribution in [0.1, 0.15) is 43.7 Å². The van der Waals surface area contributed by atoms with Crippen molar-refractivity contribution in [2.75, 3.05) is 21.1 Å². The number of unbranched alkanes of at least 4 members (excludes halogenated alkanes) is 2. The van der Waals surface area contributed by atoms with Gasteiger partial charge in [0.15, 0.2) is 0 Å². The summed E-state index contributed by atoms with van der Waals surface area (Å²) in [5.74, 6) is 0. The number of aryl methyl sites for hydroxylation is 1. The first kappa shape index (κ1) is 19.7. The van der Waals surface area contributed by atoms with Crippen LogP contribution in [0.5, 0.6) is 0 Å². The summed E-state index contributed by atoms with van der Waals surface area (Å²) in [6.45, 7) is 2.40. The molecule has 0 aromatic heterocycles. The van der Waals surface area contributed by atoms with Crippen molar-refractivity contribution in [3.05, 3.63) is 71.8 Å².